The molecule has 2 aromatic rings. The smallest absolute Gasteiger partial charge is 0.263 e. The minimum Gasteiger partial charge on any atom is -0.481 e. The topological polar surface area (TPSA) is 79.4 Å². The largest absolute Gasteiger partial charge is 0.481 e. The van der Waals surface area contributed by atoms with Crippen molar-refractivity contribution in [2.24, 2.45) is 0 Å². The molecule has 178 valence electrons. The SMILES string of the molecule is C[C@H](Oc1ccc(S(=O)(=O)N2CCN(c3ccc(F)cc3)CC2)cc1)C(=O)N1CCOCC1. The van der Waals surface area contributed by atoms with E-state index in [4.69, 9.17) is 9.47 Å². The highest BCUT2D eigenvalue weighted by molar-refractivity contribution is 7.89. The maximum absolute atomic E-state index is 13.1. The Hall–Kier alpha value is -2.69. The van der Waals surface area contributed by atoms with E-state index in [0.29, 0.717) is 58.2 Å². The van der Waals surface area contributed by atoms with Crippen LogP contribution in [0.3, 0.4) is 0 Å². The Morgan fingerprint density at radius 2 is 1.55 bits per heavy atom. The van der Waals surface area contributed by atoms with Gasteiger partial charge in [-0.1, -0.05) is 0 Å². The summed E-state index contributed by atoms with van der Waals surface area (Å²) in [6.07, 6.45) is -0.676. The molecule has 0 unspecified atom stereocenters. The van der Waals surface area contributed by atoms with Gasteiger partial charge in [-0.3, -0.25) is 4.79 Å². The Kier molecular flexibility index (Phi) is 7.16. The van der Waals surface area contributed by atoms with Crippen LogP contribution >= 0.6 is 0 Å². The third-order valence-corrected chi connectivity index (χ3v) is 7.79. The summed E-state index contributed by atoms with van der Waals surface area (Å²) in [7, 11) is -3.65. The number of anilines is 1. The number of halogens is 1. The molecule has 4 rings (SSSR count). The van der Waals surface area contributed by atoms with Crippen LogP contribution in [0.4, 0.5) is 10.1 Å². The second-order valence-electron chi connectivity index (χ2n) is 8.04. The van der Waals surface area contributed by atoms with Crippen LogP contribution in [-0.2, 0) is 19.6 Å². The number of morpholine rings is 1. The average Bonchev–Trinajstić information content (AvgIpc) is 2.85. The van der Waals surface area contributed by atoms with Gasteiger partial charge in [-0.2, -0.15) is 4.31 Å². The minimum absolute atomic E-state index is 0.117. The van der Waals surface area contributed by atoms with Gasteiger partial charge in [0.15, 0.2) is 6.10 Å². The first-order chi connectivity index (χ1) is 15.8. The predicted molar refractivity (Wildman–Crippen MR) is 121 cm³/mol. The molecule has 0 N–H and O–H groups in total. The van der Waals surface area contributed by atoms with Crippen molar-refractivity contribution in [1.82, 2.24) is 9.21 Å². The molecule has 0 aliphatic carbocycles. The molecule has 2 heterocycles. The van der Waals surface area contributed by atoms with Crippen molar-refractivity contribution < 1.29 is 27.1 Å². The quantitative estimate of drug-likeness (QED) is 0.633. The molecule has 2 aromatic carbocycles. The number of sulfonamides is 1. The van der Waals surface area contributed by atoms with Crippen LogP contribution in [0.5, 0.6) is 5.75 Å². The van der Waals surface area contributed by atoms with Gasteiger partial charge < -0.3 is 19.3 Å². The Bertz CT molecular complexity index is 1050. The minimum atomic E-state index is -3.65. The van der Waals surface area contributed by atoms with Crippen molar-refractivity contribution in [3.63, 3.8) is 0 Å². The van der Waals surface area contributed by atoms with Crippen molar-refractivity contribution >= 4 is 21.6 Å². The number of amides is 1. The Morgan fingerprint density at radius 1 is 0.939 bits per heavy atom. The average molecular weight is 478 g/mol. The predicted octanol–water partition coefficient (Wildman–Crippen LogP) is 1.96. The lowest BCUT2D eigenvalue weighted by Gasteiger charge is -2.35. The van der Waals surface area contributed by atoms with Crippen LogP contribution in [-0.4, -0.2) is 82.1 Å². The van der Waals surface area contributed by atoms with Gasteiger partial charge in [-0.15, -0.1) is 0 Å². The van der Waals surface area contributed by atoms with Gasteiger partial charge in [0.2, 0.25) is 10.0 Å². The number of piperazine rings is 1. The van der Waals surface area contributed by atoms with Crippen LogP contribution in [0.2, 0.25) is 0 Å². The summed E-state index contributed by atoms with van der Waals surface area (Å²) in [5, 5.41) is 0. The summed E-state index contributed by atoms with van der Waals surface area (Å²) < 4.78 is 51.7. The van der Waals surface area contributed by atoms with Crippen LogP contribution in [0.15, 0.2) is 53.4 Å². The fraction of sp³-hybridized carbons (Fsp3) is 0.435. The van der Waals surface area contributed by atoms with E-state index in [2.05, 4.69) is 0 Å². The van der Waals surface area contributed by atoms with E-state index in [1.54, 1.807) is 36.1 Å². The fourth-order valence-corrected chi connectivity index (χ4v) is 5.40. The van der Waals surface area contributed by atoms with Crippen molar-refractivity contribution in [3.8, 4) is 5.75 Å². The molecule has 2 fully saturated rings. The molecule has 10 heteroatoms. The molecule has 0 spiro atoms. The number of nitrogens with zero attached hydrogens (tertiary/aromatic N) is 3. The van der Waals surface area contributed by atoms with Crippen LogP contribution in [0.25, 0.3) is 0 Å². The number of carbonyl (C=O) groups is 1. The molecule has 8 nitrogen and oxygen atoms in total. The van der Waals surface area contributed by atoms with E-state index < -0.39 is 16.1 Å². The Morgan fingerprint density at radius 3 is 2.15 bits per heavy atom. The van der Waals surface area contributed by atoms with Gasteiger partial charge in [0.25, 0.3) is 5.91 Å². The van der Waals surface area contributed by atoms with Crippen molar-refractivity contribution in [2.75, 3.05) is 57.4 Å². The molecule has 1 amide bonds. The van der Waals surface area contributed by atoms with E-state index in [-0.39, 0.29) is 16.6 Å². The normalized spacial score (nSPS) is 18.7. The Balaban J connectivity index is 1.34. The first-order valence-corrected chi connectivity index (χ1v) is 12.4. The monoisotopic (exact) mass is 477 g/mol. The van der Waals surface area contributed by atoms with Gasteiger partial charge in [-0.25, -0.2) is 12.8 Å². The summed E-state index contributed by atoms with van der Waals surface area (Å²) in [5.41, 5.74) is 0.871. The highest BCUT2D eigenvalue weighted by Gasteiger charge is 2.29. The summed E-state index contributed by atoms with van der Waals surface area (Å²) >= 11 is 0. The van der Waals surface area contributed by atoms with E-state index in [1.807, 2.05) is 4.90 Å². The van der Waals surface area contributed by atoms with Crippen molar-refractivity contribution in [3.05, 3.63) is 54.3 Å². The first-order valence-electron chi connectivity index (χ1n) is 11.0. The number of benzene rings is 2. The lowest BCUT2D eigenvalue weighted by atomic mass is 10.2. The molecule has 0 radical (unpaired) electrons. The molecule has 2 saturated heterocycles. The third-order valence-electron chi connectivity index (χ3n) is 5.88. The molecule has 0 aromatic heterocycles. The van der Waals surface area contributed by atoms with E-state index in [1.165, 1.54) is 28.6 Å². The zero-order chi connectivity index (χ0) is 23.4. The number of ether oxygens (including phenoxy) is 2. The summed E-state index contributed by atoms with van der Waals surface area (Å²) in [5.74, 6) is 0.0189. The number of carbonyl (C=O) groups excluding carboxylic acids is 1. The molecule has 0 bridgehead atoms. The zero-order valence-corrected chi connectivity index (χ0v) is 19.3. The maximum Gasteiger partial charge on any atom is 0.263 e. The van der Waals surface area contributed by atoms with Crippen LogP contribution in [0.1, 0.15) is 6.92 Å². The second kappa shape index (κ2) is 10.1. The lowest BCUT2D eigenvalue weighted by Crippen LogP contribution is -2.48. The van der Waals surface area contributed by atoms with Gasteiger partial charge in [0.1, 0.15) is 11.6 Å². The highest BCUT2D eigenvalue weighted by atomic mass is 32.2. The molecule has 0 saturated carbocycles. The van der Waals surface area contributed by atoms with Crippen molar-refractivity contribution in [1.29, 1.82) is 0 Å². The summed E-state index contributed by atoms with van der Waals surface area (Å²) in [4.78, 5) is 16.4. The van der Waals surface area contributed by atoms with E-state index in [9.17, 15) is 17.6 Å². The molecule has 2 aliphatic rings. The van der Waals surface area contributed by atoms with Crippen LogP contribution in [0, 0.1) is 5.82 Å². The molecule has 1 atom stereocenters. The van der Waals surface area contributed by atoms with Gasteiger partial charge in [0, 0.05) is 45.0 Å². The zero-order valence-electron chi connectivity index (χ0n) is 18.5. The fourth-order valence-electron chi connectivity index (χ4n) is 3.97. The molecule has 33 heavy (non-hydrogen) atoms. The number of rotatable bonds is 6. The number of hydrogen-bond donors (Lipinski definition) is 0. The summed E-state index contributed by atoms with van der Waals surface area (Å²) in [6.45, 7) is 5.51. The van der Waals surface area contributed by atoms with Crippen molar-refractivity contribution in [2.45, 2.75) is 17.9 Å². The third kappa shape index (κ3) is 5.45. The van der Waals surface area contributed by atoms with Gasteiger partial charge in [0.05, 0.1) is 18.1 Å². The van der Waals surface area contributed by atoms with Gasteiger partial charge in [-0.05, 0) is 55.5 Å². The second-order valence-corrected chi connectivity index (χ2v) is 9.97. The lowest BCUT2D eigenvalue weighted by molar-refractivity contribution is -0.142. The molecular weight excluding hydrogens is 449 g/mol. The maximum atomic E-state index is 13.1. The van der Waals surface area contributed by atoms with Gasteiger partial charge >= 0.3 is 0 Å². The standard InChI is InChI=1S/C23H28FN3O5S/c1-18(23(28)26-14-16-31-17-15-26)32-21-6-8-22(9-7-21)33(29,30)27-12-10-25(11-13-27)20-4-2-19(24)3-5-20/h2-9,18H,10-17H2,1H3/t18-/m0/s1. The molecular formula is C23H28FN3O5S. The first kappa shape index (κ1) is 23.5. The highest BCUT2D eigenvalue weighted by Crippen LogP contribution is 2.24. The Labute approximate surface area is 193 Å². The number of hydrogen-bond acceptors (Lipinski definition) is 6. The summed E-state index contributed by atoms with van der Waals surface area (Å²) in [6, 6.07) is 12.3. The van der Waals surface area contributed by atoms with E-state index in [0.717, 1.165) is 5.69 Å². The van der Waals surface area contributed by atoms with Crippen LogP contribution < -0.4 is 9.64 Å². The van der Waals surface area contributed by atoms with E-state index >= 15 is 0 Å². The molecule has 2 aliphatic heterocycles.